The average Bonchev–Trinajstić information content (AvgIpc) is 3.05. The van der Waals surface area contributed by atoms with Crippen LogP contribution in [-0.2, 0) is 16.1 Å². The molecule has 0 saturated carbocycles. The van der Waals surface area contributed by atoms with Gasteiger partial charge in [0.1, 0.15) is 6.04 Å². The lowest BCUT2D eigenvalue weighted by atomic mass is 10.1. The second-order valence-electron chi connectivity index (χ2n) is 7.67. The van der Waals surface area contributed by atoms with Crippen LogP contribution in [0.15, 0.2) is 42.5 Å². The van der Waals surface area contributed by atoms with Gasteiger partial charge in [0, 0.05) is 42.2 Å². The number of halogens is 2. The number of amides is 4. The van der Waals surface area contributed by atoms with Gasteiger partial charge < -0.3 is 10.2 Å². The summed E-state index contributed by atoms with van der Waals surface area (Å²) in [4.78, 5) is 53.4. The Labute approximate surface area is 202 Å². The molecule has 1 atom stereocenters. The van der Waals surface area contributed by atoms with E-state index in [9.17, 15) is 19.2 Å². The van der Waals surface area contributed by atoms with Crippen molar-refractivity contribution < 1.29 is 19.2 Å². The lowest BCUT2D eigenvalue weighted by molar-refractivity contribution is -0.141. The topological polar surface area (TPSA) is 86.8 Å². The third kappa shape index (κ3) is 5.20. The van der Waals surface area contributed by atoms with Gasteiger partial charge in [-0.3, -0.25) is 24.1 Å². The third-order valence-corrected chi connectivity index (χ3v) is 6.38. The number of benzene rings is 2. The van der Waals surface area contributed by atoms with Crippen molar-refractivity contribution in [3.63, 3.8) is 0 Å². The van der Waals surface area contributed by atoms with Gasteiger partial charge in [0.05, 0.1) is 11.1 Å². The van der Waals surface area contributed by atoms with E-state index in [0.717, 1.165) is 4.90 Å². The van der Waals surface area contributed by atoms with Crippen LogP contribution in [0.1, 0.15) is 52.5 Å². The molecule has 0 aliphatic carbocycles. The molecule has 0 spiro atoms. The molecule has 0 unspecified atom stereocenters. The quantitative estimate of drug-likeness (QED) is 0.540. The van der Waals surface area contributed by atoms with Crippen molar-refractivity contribution in [2.75, 3.05) is 13.6 Å². The Balaban J connectivity index is 1.73. The van der Waals surface area contributed by atoms with Crippen molar-refractivity contribution in [3.8, 4) is 0 Å². The Morgan fingerprint density at radius 2 is 1.58 bits per heavy atom. The molecule has 2 aromatic carbocycles. The van der Waals surface area contributed by atoms with Gasteiger partial charge in [-0.05, 0) is 37.1 Å². The molecule has 0 bridgehead atoms. The largest absolute Gasteiger partial charge is 0.357 e. The summed E-state index contributed by atoms with van der Waals surface area (Å²) in [5.41, 5.74) is 1.29. The first-order valence-electron chi connectivity index (χ1n) is 10.7. The average molecular weight is 490 g/mol. The molecule has 0 saturated heterocycles. The van der Waals surface area contributed by atoms with E-state index in [1.54, 1.807) is 42.5 Å². The minimum atomic E-state index is -0.714. The number of rotatable bonds is 9. The van der Waals surface area contributed by atoms with Crippen LogP contribution >= 0.6 is 23.2 Å². The Bertz CT molecular complexity index is 1030. The molecule has 1 N–H and O–H groups in total. The minimum Gasteiger partial charge on any atom is -0.357 e. The molecule has 33 heavy (non-hydrogen) atoms. The van der Waals surface area contributed by atoms with E-state index in [0.29, 0.717) is 33.2 Å². The van der Waals surface area contributed by atoms with E-state index in [1.807, 2.05) is 6.92 Å². The standard InChI is InChI=1S/C24H25Cl2N3O4/c1-3-20(22(31)27-2)29(14-17-18(25)10-6-11-19(17)26)21(30)12-7-13-28-23(32)15-8-4-5-9-16(15)24(28)33/h4-6,8-11,20H,3,7,12-14H2,1-2H3,(H,27,31)/t20-/m1/s1. The summed E-state index contributed by atoms with van der Waals surface area (Å²) in [5.74, 6) is -1.31. The first-order valence-corrected chi connectivity index (χ1v) is 11.4. The van der Waals surface area contributed by atoms with E-state index in [1.165, 1.54) is 11.9 Å². The van der Waals surface area contributed by atoms with Gasteiger partial charge in [0.15, 0.2) is 0 Å². The summed E-state index contributed by atoms with van der Waals surface area (Å²) in [5, 5.41) is 3.39. The lowest BCUT2D eigenvalue weighted by Gasteiger charge is -2.31. The molecule has 174 valence electrons. The summed E-state index contributed by atoms with van der Waals surface area (Å²) in [7, 11) is 1.51. The van der Waals surface area contributed by atoms with E-state index >= 15 is 0 Å². The maximum absolute atomic E-state index is 13.2. The number of nitrogens with zero attached hydrogens (tertiary/aromatic N) is 2. The normalized spacial score (nSPS) is 13.6. The van der Waals surface area contributed by atoms with Crippen LogP contribution in [0.5, 0.6) is 0 Å². The second kappa shape index (κ2) is 10.8. The molecule has 7 nitrogen and oxygen atoms in total. The predicted molar refractivity (Wildman–Crippen MR) is 126 cm³/mol. The zero-order valence-electron chi connectivity index (χ0n) is 18.4. The summed E-state index contributed by atoms with van der Waals surface area (Å²) < 4.78 is 0. The molecular weight excluding hydrogens is 465 g/mol. The van der Waals surface area contributed by atoms with Crippen molar-refractivity contribution in [1.29, 1.82) is 0 Å². The highest BCUT2D eigenvalue weighted by Gasteiger charge is 2.35. The highest BCUT2D eigenvalue weighted by molar-refractivity contribution is 6.36. The molecule has 1 aliphatic heterocycles. The van der Waals surface area contributed by atoms with E-state index < -0.39 is 6.04 Å². The van der Waals surface area contributed by atoms with Crippen molar-refractivity contribution in [3.05, 3.63) is 69.2 Å². The number of likely N-dealkylation sites (N-methyl/N-ethyl adjacent to an activating group) is 1. The van der Waals surface area contributed by atoms with Crippen molar-refractivity contribution >= 4 is 46.8 Å². The monoisotopic (exact) mass is 489 g/mol. The molecule has 0 aromatic heterocycles. The van der Waals surface area contributed by atoms with Gasteiger partial charge in [-0.15, -0.1) is 0 Å². The van der Waals surface area contributed by atoms with Gasteiger partial charge in [0.25, 0.3) is 11.8 Å². The highest BCUT2D eigenvalue weighted by atomic mass is 35.5. The SMILES string of the molecule is CC[C@H](C(=O)NC)N(Cc1c(Cl)cccc1Cl)C(=O)CCCN1C(=O)c2ccccc2C1=O. The summed E-state index contributed by atoms with van der Waals surface area (Å²) in [6, 6.07) is 11.0. The molecule has 1 aliphatic rings. The Hall–Kier alpha value is -2.90. The number of hydrogen-bond donors (Lipinski definition) is 1. The molecule has 2 aromatic rings. The van der Waals surface area contributed by atoms with E-state index in [4.69, 9.17) is 23.2 Å². The fourth-order valence-electron chi connectivity index (χ4n) is 3.91. The minimum absolute atomic E-state index is 0.0446. The van der Waals surface area contributed by atoms with Crippen molar-refractivity contribution in [2.45, 2.75) is 38.8 Å². The van der Waals surface area contributed by atoms with E-state index in [-0.39, 0.29) is 49.6 Å². The maximum atomic E-state index is 13.2. The first kappa shape index (κ1) is 24.7. The van der Waals surface area contributed by atoms with E-state index in [2.05, 4.69) is 5.32 Å². The highest BCUT2D eigenvalue weighted by Crippen LogP contribution is 2.28. The molecular formula is C24H25Cl2N3O4. The van der Waals surface area contributed by atoms with Gasteiger partial charge in [-0.25, -0.2) is 0 Å². The molecule has 3 rings (SSSR count). The van der Waals surface area contributed by atoms with Gasteiger partial charge in [0.2, 0.25) is 11.8 Å². The number of hydrogen-bond acceptors (Lipinski definition) is 4. The Kier molecular flexibility index (Phi) is 8.10. The zero-order chi connectivity index (χ0) is 24.1. The first-order chi connectivity index (χ1) is 15.8. The van der Waals surface area contributed by atoms with Gasteiger partial charge in [-0.1, -0.05) is 48.3 Å². The fourth-order valence-corrected chi connectivity index (χ4v) is 4.43. The van der Waals surface area contributed by atoms with Crippen LogP contribution in [0.4, 0.5) is 0 Å². The van der Waals surface area contributed by atoms with Crippen LogP contribution < -0.4 is 5.32 Å². The van der Waals surface area contributed by atoms with Crippen LogP contribution in [-0.4, -0.2) is 53.1 Å². The predicted octanol–water partition coefficient (Wildman–Crippen LogP) is 3.92. The van der Waals surface area contributed by atoms with Gasteiger partial charge in [-0.2, -0.15) is 0 Å². The number of imide groups is 1. The lowest BCUT2D eigenvalue weighted by Crippen LogP contribution is -2.48. The number of carbonyl (C=O) groups excluding carboxylic acids is 4. The maximum Gasteiger partial charge on any atom is 0.261 e. The number of fused-ring (bicyclic) bond motifs is 1. The molecule has 1 heterocycles. The van der Waals surface area contributed by atoms with Crippen LogP contribution in [0.2, 0.25) is 10.0 Å². The van der Waals surface area contributed by atoms with Crippen LogP contribution in [0.3, 0.4) is 0 Å². The van der Waals surface area contributed by atoms with Crippen molar-refractivity contribution in [1.82, 2.24) is 15.1 Å². The number of nitrogens with one attached hydrogen (secondary N) is 1. The number of carbonyl (C=O) groups is 4. The van der Waals surface area contributed by atoms with Gasteiger partial charge >= 0.3 is 0 Å². The van der Waals surface area contributed by atoms with Crippen molar-refractivity contribution in [2.24, 2.45) is 0 Å². The Morgan fingerprint density at radius 3 is 2.09 bits per heavy atom. The van der Waals surface area contributed by atoms with Crippen LogP contribution in [0, 0.1) is 0 Å². The second-order valence-corrected chi connectivity index (χ2v) is 8.49. The zero-order valence-corrected chi connectivity index (χ0v) is 19.9. The molecule has 4 amide bonds. The smallest absolute Gasteiger partial charge is 0.261 e. The van der Waals surface area contributed by atoms with Crippen LogP contribution in [0.25, 0.3) is 0 Å². The molecule has 0 radical (unpaired) electrons. The third-order valence-electron chi connectivity index (χ3n) is 5.67. The summed E-state index contributed by atoms with van der Waals surface area (Å²) in [6.07, 6.45) is 0.704. The fraction of sp³-hybridized carbons (Fsp3) is 0.333. The molecule has 9 heteroatoms. The summed E-state index contributed by atoms with van der Waals surface area (Å²) >= 11 is 12.6. The Morgan fingerprint density at radius 1 is 1.00 bits per heavy atom. The molecule has 0 fully saturated rings. The summed E-state index contributed by atoms with van der Waals surface area (Å²) in [6.45, 7) is 1.99.